The predicted octanol–water partition coefficient (Wildman–Crippen LogP) is 4.44. The first-order chi connectivity index (χ1) is 18.1. The molecule has 0 aliphatic heterocycles. The number of hydrogen-bond donors (Lipinski definition) is 2. The van der Waals surface area contributed by atoms with Gasteiger partial charge in [0.05, 0.1) is 16.9 Å². The summed E-state index contributed by atoms with van der Waals surface area (Å²) in [6, 6.07) is 16.0. The predicted molar refractivity (Wildman–Crippen MR) is 134 cm³/mol. The van der Waals surface area contributed by atoms with E-state index in [1.807, 2.05) is 6.07 Å². The molecule has 4 aromatic rings. The van der Waals surface area contributed by atoms with Crippen molar-refractivity contribution in [3.63, 3.8) is 0 Å². The van der Waals surface area contributed by atoms with Crippen LogP contribution in [0.3, 0.4) is 0 Å². The molecule has 0 radical (unpaired) electrons. The van der Waals surface area contributed by atoms with Gasteiger partial charge in [0.15, 0.2) is 6.61 Å². The van der Waals surface area contributed by atoms with Crippen LogP contribution in [0.5, 0.6) is 0 Å². The topological polar surface area (TPSA) is 107 Å². The second-order valence-electron chi connectivity index (χ2n) is 8.16. The van der Waals surface area contributed by atoms with Gasteiger partial charge in [-0.15, -0.1) is 0 Å². The van der Waals surface area contributed by atoms with Crippen LogP contribution in [0.25, 0.3) is 5.69 Å². The number of carbonyl (C=O) groups excluding carboxylic acids is 2. The molecule has 0 fully saturated rings. The van der Waals surface area contributed by atoms with Crippen LogP contribution < -0.4 is 16.2 Å². The number of anilines is 3. The molecule has 2 aromatic heterocycles. The summed E-state index contributed by atoms with van der Waals surface area (Å²) >= 11 is 0. The van der Waals surface area contributed by atoms with Crippen LogP contribution in [0.4, 0.5) is 30.4 Å². The molecule has 196 valence electrons. The van der Waals surface area contributed by atoms with Gasteiger partial charge in [-0.1, -0.05) is 24.3 Å². The first-order valence-corrected chi connectivity index (χ1v) is 11.3. The summed E-state index contributed by atoms with van der Waals surface area (Å²) in [5.74, 6) is -1.74. The SMILES string of the molecule is Cc1c(NC(=O)COC(=O)c2cccnc2Nc2cccc(C(F)(F)F)c2)c(=O)n(-c2ccccc2)n1C. The monoisotopic (exact) mass is 525 g/mol. The van der Waals surface area contributed by atoms with E-state index in [1.54, 1.807) is 42.9 Å². The zero-order valence-electron chi connectivity index (χ0n) is 20.2. The Bertz CT molecular complexity index is 1540. The lowest BCUT2D eigenvalue weighted by atomic mass is 10.2. The summed E-state index contributed by atoms with van der Waals surface area (Å²) in [5, 5.41) is 5.16. The van der Waals surface area contributed by atoms with Crippen molar-refractivity contribution in [2.45, 2.75) is 13.1 Å². The number of hydrogen-bond acceptors (Lipinski definition) is 6. The molecule has 0 bridgehead atoms. The van der Waals surface area contributed by atoms with Crippen molar-refractivity contribution >= 4 is 29.1 Å². The number of aromatic nitrogens is 3. The fourth-order valence-electron chi connectivity index (χ4n) is 3.68. The maximum absolute atomic E-state index is 13.0. The highest BCUT2D eigenvalue weighted by atomic mass is 19.4. The molecule has 0 saturated carbocycles. The fraction of sp³-hybridized carbons (Fsp3) is 0.154. The molecule has 0 saturated heterocycles. The van der Waals surface area contributed by atoms with Crippen LogP contribution in [-0.4, -0.2) is 32.8 Å². The van der Waals surface area contributed by atoms with Crippen molar-refractivity contribution in [2.24, 2.45) is 7.05 Å². The Hall–Kier alpha value is -4.87. The van der Waals surface area contributed by atoms with Crippen LogP contribution in [-0.2, 0) is 22.8 Å². The highest BCUT2D eigenvalue weighted by molar-refractivity contribution is 5.98. The molecule has 12 heteroatoms. The molecule has 0 atom stereocenters. The van der Waals surface area contributed by atoms with E-state index in [4.69, 9.17) is 4.74 Å². The number of nitrogens with one attached hydrogen (secondary N) is 2. The number of nitrogens with zero attached hydrogens (tertiary/aromatic N) is 3. The minimum absolute atomic E-state index is 0.0330. The van der Waals surface area contributed by atoms with E-state index in [-0.39, 0.29) is 22.8 Å². The maximum atomic E-state index is 13.0. The number of para-hydroxylation sites is 1. The van der Waals surface area contributed by atoms with Gasteiger partial charge in [0.2, 0.25) is 0 Å². The van der Waals surface area contributed by atoms with Crippen molar-refractivity contribution in [3.05, 3.63) is 100 Å². The summed E-state index contributed by atoms with van der Waals surface area (Å²) in [5.41, 5.74) is -0.256. The summed E-state index contributed by atoms with van der Waals surface area (Å²) < 4.78 is 47.2. The molecule has 0 aliphatic rings. The molecule has 0 spiro atoms. The van der Waals surface area contributed by atoms with E-state index >= 15 is 0 Å². The van der Waals surface area contributed by atoms with Crippen LogP contribution in [0.1, 0.15) is 21.6 Å². The number of carbonyl (C=O) groups is 2. The van der Waals surface area contributed by atoms with Gasteiger partial charge >= 0.3 is 12.1 Å². The second-order valence-corrected chi connectivity index (χ2v) is 8.16. The number of esters is 1. The van der Waals surface area contributed by atoms with Gasteiger partial charge in [-0.05, 0) is 49.4 Å². The number of alkyl halides is 3. The molecule has 0 unspecified atom stereocenters. The summed E-state index contributed by atoms with van der Waals surface area (Å²) in [4.78, 5) is 42.2. The van der Waals surface area contributed by atoms with E-state index in [9.17, 15) is 27.6 Å². The third kappa shape index (κ3) is 5.59. The number of pyridine rings is 1. The van der Waals surface area contributed by atoms with Gasteiger partial charge in [0.25, 0.3) is 11.5 Å². The van der Waals surface area contributed by atoms with Crippen molar-refractivity contribution in [1.29, 1.82) is 0 Å². The van der Waals surface area contributed by atoms with Gasteiger partial charge in [-0.25, -0.2) is 14.5 Å². The van der Waals surface area contributed by atoms with Gasteiger partial charge in [-0.2, -0.15) is 13.2 Å². The Morgan fingerprint density at radius 2 is 1.76 bits per heavy atom. The molecular formula is C26H22F3N5O4. The van der Waals surface area contributed by atoms with Crippen LogP contribution >= 0.6 is 0 Å². The quantitative estimate of drug-likeness (QED) is 0.346. The fourth-order valence-corrected chi connectivity index (χ4v) is 3.68. The lowest BCUT2D eigenvalue weighted by Gasteiger charge is -2.12. The van der Waals surface area contributed by atoms with Crippen LogP contribution in [0.2, 0.25) is 0 Å². The number of amides is 1. The van der Waals surface area contributed by atoms with E-state index in [0.29, 0.717) is 11.4 Å². The normalized spacial score (nSPS) is 11.2. The zero-order chi connectivity index (χ0) is 27.4. The molecule has 9 nitrogen and oxygen atoms in total. The molecule has 1 amide bonds. The van der Waals surface area contributed by atoms with E-state index in [1.165, 1.54) is 35.1 Å². The van der Waals surface area contributed by atoms with E-state index in [2.05, 4.69) is 15.6 Å². The number of rotatable bonds is 7. The van der Waals surface area contributed by atoms with Gasteiger partial charge < -0.3 is 15.4 Å². The van der Waals surface area contributed by atoms with Gasteiger partial charge in [0.1, 0.15) is 17.1 Å². The van der Waals surface area contributed by atoms with Crippen LogP contribution in [0, 0.1) is 6.92 Å². The lowest BCUT2D eigenvalue weighted by Crippen LogP contribution is -2.26. The number of ether oxygens (including phenoxy) is 1. The minimum Gasteiger partial charge on any atom is -0.452 e. The van der Waals surface area contributed by atoms with Crippen LogP contribution in [0.15, 0.2) is 77.7 Å². The number of benzene rings is 2. The Morgan fingerprint density at radius 1 is 1.03 bits per heavy atom. The van der Waals surface area contributed by atoms with Crippen molar-refractivity contribution in [1.82, 2.24) is 14.3 Å². The van der Waals surface area contributed by atoms with Crippen molar-refractivity contribution in [2.75, 3.05) is 17.2 Å². The highest BCUT2D eigenvalue weighted by Crippen LogP contribution is 2.31. The second kappa shape index (κ2) is 10.6. The third-order valence-electron chi connectivity index (χ3n) is 5.63. The molecule has 2 heterocycles. The minimum atomic E-state index is -4.54. The smallest absolute Gasteiger partial charge is 0.416 e. The molecule has 2 N–H and O–H groups in total. The zero-order valence-corrected chi connectivity index (χ0v) is 20.2. The molecule has 0 aliphatic carbocycles. The van der Waals surface area contributed by atoms with Crippen molar-refractivity contribution < 1.29 is 27.5 Å². The van der Waals surface area contributed by atoms with Gasteiger partial charge in [-0.3, -0.25) is 14.3 Å². The summed E-state index contributed by atoms with van der Waals surface area (Å²) in [6.45, 7) is 0.944. The largest absolute Gasteiger partial charge is 0.452 e. The first-order valence-electron chi connectivity index (χ1n) is 11.3. The third-order valence-corrected chi connectivity index (χ3v) is 5.63. The molecule has 2 aromatic carbocycles. The number of halogens is 3. The average Bonchev–Trinajstić information content (AvgIpc) is 3.10. The Balaban J connectivity index is 1.45. The first kappa shape index (κ1) is 26.2. The van der Waals surface area contributed by atoms with E-state index in [0.717, 1.165) is 12.1 Å². The van der Waals surface area contributed by atoms with E-state index < -0.39 is 35.8 Å². The summed E-state index contributed by atoms with van der Waals surface area (Å²) in [7, 11) is 1.67. The van der Waals surface area contributed by atoms with Crippen molar-refractivity contribution in [3.8, 4) is 5.69 Å². The molecule has 4 rings (SSSR count). The standard InChI is InChI=1S/C26H22F3N5O4/c1-16-22(24(36)34(33(16)2)19-10-4-3-5-11-19)32-21(35)15-38-25(37)20-12-7-13-30-23(20)31-18-9-6-8-17(14-18)26(27,28)29/h3-14H,15H2,1-2H3,(H,30,31)(H,32,35). The lowest BCUT2D eigenvalue weighted by molar-refractivity contribution is -0.137. The summed E-state index contributed by atoms with van der Waals surface area (Å²) in [6.07, 6.45) is -3.20. The Morgan fingerprint density at radius 3 is 2.47 bits per heavy atom. The molecular weight excluding hydrogens is 503 g/mol. The average molecular weight is 525 g/mol. The maximum Gasteiger partial charge on any atom is 0.416 e. The Labute approximate surface area is 214 Å². The highest BCUT2D eigenvalue weighted by Gasteiger charge is 2.30. The molecule has 38 heavy (non-hydrogen) atoms. The van der Waals surface area contributed by atoms with Gasteiger partial charge in [0, 0.05) is 18.9 Å². The Kier molecular flexibility index (Phi) is 7.33.